The molecule has 0 heterocycles. The van der Waals surface area contributed by atoms with E-state index >= 15 is 0 Å². The van der Waals surface area contributed by atoms with Gasteiger partial charge < -0.3 is 26.0 Å². The van der Waals surface area contributed by atoms with Crippen molar-refractivity contribution in [2.45, 2.75) is 25.9 Å². The van der Waals surface area contributed by atoms with Gasteiger partial charge in [0.1, 0.15) is 12.4 Å². The highest BCUT2D eigenvalue weighted by Crippen LogP contribution is 2.28. The lowest BCUT2D eigenvalue weighted by Crippen LogP contribution is -2.10. The predicted octanol–water partition coefficient (Wildman–Crippen LogP) is 3.28. The lowest BCUT2D eigenvalue weighted by atomic mass is 9.93. The molecule has 2 aromatic carbocycles. The number of aliphatic hydroxyl groups excluding tert-OH is 2. The Morgan fingerprint density at radius 2 is 2.04 bits per heavy atom. The van der Waals surface area contributed by atoms with Crippen LogP contribution in [-0.4, -0.2) is 29.3 Å². The summed E-state index contributed by atoms with van der Waals surface area (Å²) < 4.78 is 5.38. The number of nitrogen functional groups attached to an aromatic ring is 1. The molecule has 5 N–H and O–H groups in total. The second kappa shape index (κ2) is 11.1. The standard InChI is InChI=1S/C22H28N2O4/c1-16(22(27)17-8-6-9-18(15-17)28-14-13-25)7-2-5-12-21(26)24-20-11-4-3-10-19(20)23/h3-6,8-12,15-16,22,25,27H,2,7,13-14,23H2,1H3,(H,24,26)/b12-5+/t16-,22+/m1/s1. The van der Waals surface area contributed by atoms with Crippen molar-refractivity contribution >= 4 is 17.3 Å². The van der Waals surface area contributed by atoms with Gasteiger partial charge in [-0.1, -0.05) is 37.3 Å². The number of carbonyl (C=O) groups is 1. The first-order valence-electron chi connectivity index (χ1n) is 9.35. The average Bonchev–Trinajstić information content (AvgIpc) is 2.71. The van der Waals surface area contributed by atoms with Gasteiger partial charge in [-0.2, -0.15) is 0 Å². The second-order valence-corrected chi connectivity index (χ2v) is 6.62. The van der Waals surface area contributed by atoms with Crippen molar-refractivity contribution in [3.63, 3.8) is 0 Å². The van der Waals surface area contributed by atoms with Gasteiger partial charge in [-0.15, -0.1) is 0 Å². The van der Waals surface area contributed by atoms with Gasteiger partial charge in [0.05, 0.1) is 24.1 Å². The third-order valence-corrected chi connectivity index (χ3v) is 4.38. The van der Waals surface area contributed by atoms with Crippen molar-refractivity contribution < 1.29 is 19.7 Å². The molecule has 0 spiro atoms. The molecule has 0 aliphatic carbocycles. The van der Waals surface area contributed by atoms with Crippen molar-refractivity contribution in [1.82, 2.24) is 0 Å². The molecule has 150 valence electrons. The molecule has 0 unspecified atom stereocenters. The van der Waals surface area contributed by atoms with E-state index in [1.54, 1.807) is 30.3 Å². The highest BCUT2D eigenvalue weighted by atomic mass is 16.5. The summed E-state index contributed by atoms with van der Waals surface area (Å²) in [5, 5.41) is 22.1. The van der Waals surface area contributed by atoms with E-state index in [9.17, 15) is 9.90 Å². The lowest BCUT2D eigenvalue weighted by Gasteiger charge is -2.19. The summed E-state index contributed by atoms with van der Waals surface area (Å²) in [5.41, 5.74) is 7.68. The topological polar surface area (TPSA) is 105 Å². The molecule has 2 rings (SSSR count). The van der Waals surface area contributed by atoms with E-state index in [2.05, 4.69) is 5.32 Å². The molecule has 6 heteroatoms. The molecule has 0 aromatic heterocycles. The summed E-state index contributed by atoms with van der Waals surface area (Å²) >= 11 is 0. The second-order valence-electron chi connectivity index (χ2n) is 6.62. The number of nitrogens with one attached hydrogen (secondary N) is 1. The molecular weight excluding hydrogens is 356 g/mol. The van der Waals surface area contributed by atoms with Crippen LogP contribution < -0.4 is 15.8 Å². The Kier molecular flexibility index (Phi) is 8.52. The Balaban J connectivity index is 1.81. The van der Waals surface area contributed by atoms with Crippen LogP contribution in [0.4, 0.5) is 11.4 Å². The molecular formula is C22H28N2O4. The minimum atomic E-state index is -0.635. The van der Waals surface area contributed by atoms with Crippen LogP contribution in [0.5, 0.6) is 5.75 Å². The Morgan fingerprint density at radius 1 is 1.25 bits per heavy atom. The SMILES string of the molecule is C[C@H](CC/C=C/C(=O)Nc1ccccc1N)[C@H](O)c1cccc(OCCO)c1. The van der Waals surface area contributed by atoms with E-state index in [0.29, 0.717) is 23.5 Å². The number of rotatable bonds is 10. The molecule has 0 bridgehead atoms. The third kappa shape index (κ3) is 6.72. The van der Waals surface area contributed by atoms with Gasteiger partial charge in [0.15, 0.2) is 0 Å². The van der Waals surface area contributed by atoms with E-state index in [-0.39, 0.29) is 25.0 Å². The van der Waals surface area contributed by atoms with Crippen molar-refractivity contribution in [3.8, 4) is 5.75 Å². The number of hydrogen-bond acceptors (Lipinski definition) is 5. The predicted molar refractivity (Wildman–Crippen MR) is 111 cm³/mol. The van der Waals surface area contributed by atoms with E-state index in [4.69, 9.17) is 15.6 Å². The van der Waals surface area contributed by atoms with Crippen LogP contribution in [0.3, 0.4) is 0 Å². The van der Waals surface area contributed by atoms with Crippen LogP contribution in [0.15, 0.2) is 60.7 Å². The molecule has 2 aromatic rings. The van der Waals surface area contributed by atoms with Gasteiger partial charge in [-0.3, -0.25) is 4.79 Å². The number of allylic oxidation sites excluding steroid dienone is 1. The van der Waals surface area contributed by atoms with E-state index in [0.717, 1.165) is 12.0 Å². The Hall–Kier alpha value is -2.83. The van der Waals surface area contributed by atoms with Crippen molar-refractivity contribution in [1.29, 1.82) is 0 Å². The number of para-hydroxylation sites is 2. The van der Waals surface area contributed by atoms with Crippen LogP contribution in [0.1, 0.15) is 31.4 Å². The minimum Gasteiger partial charge on any atom is -0.491 e. The van der Waals surface area contributed by atoms with Gasteiger partial charge in [0.2, 0.25) is 5.91 Å². The highest BCUT2D eigenvalue weighted by Gasteiger charge is 2.16. The van der Waals surface area contributed by atoms with Gasteiger partial charge >= 0.3 is 0 Å². The Morgan fingerprint density at radius 3 is 2.79 bits per heavy atom. The Labute approximate surface area is 165 Å². The maximum Gasteiger partial charge on any atom is 0.248 e. The number of ether oxygens (including phenoxy) is 1. The van der Waals surface area contributed by atoms with Crippen molar-refractivity contribution in [2.75, 3.05) is 24.3 Å². The van der Waals surface area contributed by atoms with Crippen LogP contribution in [-0.2, 0) is 4.79 Å². The fraction of sp³-hybridized carbons (Fsp3) is 0.318. The van der Waals surface area contributed by atoms with Gasteiger partial charge in [-0.05, 0) is 54.7 Å². The molecule has 1 amide bonds. The van der Waals surface area contributed by atoms with Crippen LogP contribution in [0, 0.1) is 5.92 Å². The summed E-state index contributed by atoms with van der Waals surface area (Å²) in [5.74, 6) is 0.389. The number of hydrogen-bond donors (Lipinski definition) is 4. The van der Waals surface area contributed by atoms with Crippen LogP contribution >= 0.6 is 0 Å². The largest absolute Gasteiger partial charge is 0.491 e. The summed E-state index contributed by atoms with van der Waals surface area (Å²) in [4.78, 5) is 12.0. The minimum absolute atomic E-state index is 0.00516. The summed E-state index contributed by atoms with van der Waals surface area (Å²) in [6.07, 6.45) is 4.02. The quantitative estimate of drug-likeness (QED) is 0.372. The number of carbonyl (C=O) groups excluding carboxylic acids is 1. The molecule has 0 aliphatic heterocycles. The van der Waals surface area contributed by atoms with Gasteiger partial charge in [0, 0.05) is 0 Å². The number of anilines is 2. The van der Waals surface area contributed by atoms with Gasteiger partial charge in [0.25, 0.3) is 0 Å². The molecule has 0 aliphatic rings. The number of benzene rings is 2. The zero-order chi connectivity index (χ0) is 20.4. The first kappa shape index (κ1) is 21.5. The van der Waals surface area contributed by atoms with E-state index in [1.807, 2.05) is 31.2 Å². The normalized spacial score (nSPS) is 13.2. The molecule has 0 fully saturated rings. The molecule has 0 saturated heterocycles. The summed E-state index contributed by atoms with van der Waals surface area (Å²) in [6, 6.07) is 14.3. The highest BCUT2D eigenvalue weighted by molar-refractivity contribution is 6.01. The Bertz CT molecular complexity index is 792. The molecule has 6 nitrogen and oxygen atoms in total. The first-order valence-corrected chi connectivity index (χ1v) is 9.35. The summed E-state index contributed by atoms with van der Waals surface area (Å²) in [6.45, 7) is 2.13. The van der Waals surface area contributed by atoms with Crippen molar-refractivity contribution in [3.05, 3.63) is 66.2 Å². The first-order chi connectivity index (χ1) is 13.5. The van der Waals surface area contributed by atoms with E-state index in [1.165, 1.54) is 6.08 Å². The smallest absolute Gasteiger partial charge is 0.248 e. The fourth-order valence-electron chi connectivity index (χ4n) is 2.77. The maximum atomic E-state index is 12.0. The fourth-order valence-corrected chi connectivity index (χ4v) is 2.77. The monoisotopic (exact) mass is 384 g/mol. The van der Waals surface area contributed by atoms with Crippen LogP contribution in [0.25, 0.3) is 0 Å². The lowest BCUT2D eigenvalue weighted by molar-refractivity contribution is -0.111. The molecule has 0 radical (unpaired) electrons. The van der Waals surface area contributed by atoms with Crippen molar-refractivity contribution in [2.24, 2.45) is 5.92 Å². The zero-order valence-electron chi connectivity index (χ0n) is 16.0. The zero-order valence-corrected chi connectivity index (χ0v) is 16.0. The third-order valence-electron chi connectivity index (χ3n) is 4.38. The van der Waals surface area contributed by atoms with E-state index < -0.39 is 6.10 Å². The number of amides is 1. The molecule has 2 atom stereocenters. The number of nitrogens with two attached hydrogens (primary N) is 1. The maximum absolute atomic E-state index is 12.0. The number of aliphatic hydroxyl groups is 2. The molecule has 28 heavy (non-hydrogen) atoms. The van der Waals surface area contributed by atoms with Crippen LogP contribution in [0.2, 0.25) is 0 Å². The molecule has 0 saturated carbocycles. The summed E-state index contributed by atoms with van der Waals surface area (Å²) in [7, 11) is 0. The average molecular weight is 384 g/mol. The van der Waals surface area contributed by atoms with Gasteiger partial charge in [-0.25, -0.2) is 0 Å².